The Hall–Kier alpha value is -4.93. The third-order valence-corrected chi connectivity index (χ3v) is 6.82. The molecule has 4 rings (SSSR count). The van der Waals surface area contributed by atoms with Gasteiger partial charge in [0, 0.05) is 24.1 Å². The van der Waals surface area contributed by atoms with Crippen molar-refractivity contribution in [1.29, 1.82) is 5.41 Å². The Morgan fingerprint density at radius 2 is 1.46 bits per heavy atom. The number of alkyl halides is 6. The number of hydrogen-bond acceptors (Lipinski definition) is 6. The van der Waals surface area contributed by atoms with Crippen LogP contribution in [0, 0.1) is 5.41 Å². The van der Waals surface area contributed by atoms with Crippen LogP contribution in [-0.2, 0) is 31.1 Å². The summed E-state index contributed by atoms with van der Waals surface area (Å²) in [4.78, 5) is 43.0. The average molecular weight is 660 g/mol. The predicted molar refractivity (Wildman–Crippen MR) is 152 cm³/mol. The van der Waals surface area contributed by atoms with Gasteiger partial charge in [-0.25, -0.2) is 9.59 Å². The summed E-state index contributed by atoms with van der Waals surface area (Å²) < 4.78 is 63.5. The van der Waals surface area contributed by atoms with Crippen LogP contribution in [0.2, 0.25) is 0 Å². The Morgan fingerprint density at radius 1 is 0.957 bits per heavy atom. The molecule has 0 spiro atoms. The van der Waals surface area contributed by atoms with Crippen molar-refractivity contribution in [3.05, 3.63) is 82.9 Å². The molecule has 1 fully saturated rings. The maximum absolute atomic E-state index is 12.7. The highest BCUT2D eigenvalue weighted by atomic mass is 19.4. The number of halogens is 6. The zero-order valence-electron chi connectivity index (χ0n) is 24.1. The Bertz CT molecular complexity index is 1420. The molecule has 2 atom stereocenters. The number of nitrogens with one attached hydrogen (secondary N) is 4. The van der Waals surface area contributed by atoms with Crippen molar-refractivity contribution in [2.24, 2.45) is 5.73 Å². The normalized spacial score (nSPS) is 17.0. The molecule has 1 aliphatic carbocycles. The van der Waals surface area contributed by atoms with Gasteiger partial charge in [-0.1, -0.05) is 60.7 Å². The van der Waals surface area contributed by atoms with Gasteiger partial charge in [0.1, 0.15) is 17.9 Å². The van der Waals surface area contributed by atoms with Crippen molar-refractivity contribution in [3.63, 3.8) is 0 Å². The van der Waals surface area contributed by atoms with Gasteiger partial charge >= 0.3 is 24.3 Å². The summed E-state index contributed by atoms with van der Waals surface area (Å²) in [6.45, 7) is 2.70. The van der Waals surface area contributed by atoms with Crippen molar-refractivity contribution in [3.8, 4) is 0 Å². The number of carboxylic acid groups (broad SMARTS) is 2. The molecule has 250 valence electrons. The van der Waals surface area contributed by atoms with Crippen molar-refractivity contribution in [2.75, 3.05) is 6.54 Å². The van der Waals surface area contributed by atoms with Gasteiger partial charge in [0.15, 0.2) is 0 Å². The highest BCUT2D eigenvalue weighted by Crippen LogP contribution is 2.54. The van der Waals surface area contributed by atoms with E-state index < -0.39 is 36.4 Å². The van der Waals surface area contributed by atoms with E-state index in [1.807, 2.05) is 24.3 Å². The summed E-state index contributed by atoms with van der Waals surface area (Å²) in [7, 11) is 0. The highest BCUT2D eigenvalue weighted by molar-refractivity contribution is 5.95. The van der Waals surface area contributed by atoms with E-state index in [1.165, 1.54) is 11.1 Å². The van der Waals surface area contributed by atoms with Crippen molar-refractivity contribution in [2.45, 2.75) is 56.2 Å². The Labute approximate surface area is 258 Å². The van der Waals surface area contributed by atoms with Gasteiger partial charge < -0.3 is 26.6 Å². The Kier molecular flexibility index (Phi) is 12.5. The van der Waals surface area contributed by atoms with Crippen LogP contribution < -0.4 is 21.7 Å². The maximum atomic E-state index is 12.7. The number of amidine groups is 1. The first-order chi connectivity index (χ1) is 21.3. The number of nitrogens with two attached hydrogens (primary N) is 1. The van der Waals surface area contributed by atoms with Gasteiger partial charge in [0.05, 0.1) is 0 Å². The molecule has 0 bridgehead atoms. The maximum Gasteiger partial charge on any atom is 0.490 e. The molecule has 0 radical (unpaired) electrons. The highest BCUT2D eigenvalue weighted by Gasteiger charge is 2.49. The van der Waals surface area contributed by atoms with E-state index in [1.54, 1.807) is 19.1 Å². The first kappa shape index (κ1) is 37.3. The number of carbonyl (C=O) groups excluding carboxylic acids is 2. The molecular weight excluding hydrogens is 628 g/mol. The minimum Gasteiger partial charge on any atom is -0.475 e. The third-order valence-electron chi connectivity index (χ3n) is 6.82. The van der Waals surface area contributed by atoms with Crippen LogP contribution in [0.5, 0.6) is 0 Å². The minimum absolute atomic E-state index is 0.00558. The van der Waals surface area contributed by atoms with Crippen molar-refractivity contribution < 1.29 is 55.7 Å². The summed E-state index contributed by atoms with van der Waals surface area (Å²) in [6.07, 6.45) is -5.94. The lowest BCUT2D eigenvalue weighted by atomic mass is 9.88. The fourth-order valence-electron chi connectivity index (χ4n) is 4.23. The monoisotopic (exact) mass is 659 g/mol. The van der Waals surface area contributed by atoms with E-state index >= 15 is 0 Å². The van der Waals surface area contributed by atoms with Crippen molar-refractivity contribution in [1.82, 2.24) is 16.0 Å². The molecule has 2 aromatic rings. The molecule has 17 heteroatoms. The lowest BCUT2D eigenvalue weighted by Crippen LogP contribution is -2.49. The molecule has 2 amide bonds. The molecule has 46 heavy (non-hydrogen) atoms. The number of hydrogen-bond donors (Lipinski definition) is 7. The number of amides is 2. The van der Waals surface area contributed by atoms with Gasteiger partial charge in [-0.3, -0.25) is 20.3 Å². The van der Waals surface area contributed by atoms with Gasteiger partial charge in [-0.15, -0.1) is 0 Å². The Balaban J connectivity index is 0.000000440. The molecule has 1 heterocycles. The summed E-state index contributed by atoms with van der Waals surface area (Å²) >= 11 is 0. The van der Waals surface area contributed by atoms with E-state index in [-0.39, 0.29) is 23.1 Å². The standard InChI is InChI=1S/C25H29N5O2.2C2HF3O2/c1-16(23(31)29-14-17-7-9-18(10-8-17)22(26)27)30-24(32)21-13-20(15-28-21)25(11-12-25)19-5-3-2-4-6-19;2*3-2(4,5)1(6)7/h2-10,13,16,21,28H,11-12,14-15H2,1H3,(H3,26,27)(H,29,31)(H,30,32);2*(H,6,7)/t16?,21-;;/m1../s1. The molecule has 11 nitrogen and oxygen atoms in total. The minimum atomic E-state index is -5.08. The van der Waals surface area contributed by atoms with Gasteiger partial charge in [0.2, 0.25) is 11.8 Å². The number of carboxylic acids is 2. The molecule has 2 aliphatic rings. The smallest absolute Gasteiger partial charge is 0.475 e. The zero-order valence-corrected chi connectivity index (χ0v) is 24.1. The number of nitrogen functional groups attached to an aromatic ring is 1. The van der Waals surface area contributed by atoms with Crippen LogP contribution in [0.15, 0.2) is 66.2 Å². The second-order valence-electron chi connectivity index (χ2n) is 10.2. The number of carbonyl (C=O) groups is 4. The number of aliphatic carboxylic acids is 2. The van der Waals surface area contributed by atoms with Gasteiger partial charge in [-0.05, 0) is 36.5 Å². The lowest BCUT2D eigenvalue weighted by molar-refractivity contribution is -0.193. The van der Waals surface area contributed by atoms with Crippen LogP contribution in [0.25, 0.3) is 0 Å². The second kappa shape index (κ2) is 15.4. The van der Waals surface area contributed by atoms with Gasteiger partial charge in [-0.2, -0.15) is 26.3 Å². The fraction of sp³-hybridized carbons (Fsp3) is 0.345. The molecular formula is C29H31F6N5O6. The number of benzene rings is 2. The summed E-state index contributed by atoms with van der Waals surface area (Å²) in [5.41, 5.74) is 9.60. The molecule has 8 N–H and O–H groups in total. The molecule has 0 saturated heterocycles. The van der Waals surface area contributed by atoms with E-state index in [0.717, 1.165) is 18.4 Å². The summed E-state index contributed by atoms with van der Waals surface area (Å²) in [6, 6.07) is 16.5. The molecule has 1 unspecified atom stereocenters. The van der Waals surface area contributed by atoms with Crippen LogP contribution >= 0.6 is 0 Å². The third kappa shape index (κ3) is 10.9. The van der Waals surface area contributed by atoms with Crippen LogP contribution in [0.4, 0.5) is 26.3 Å². The lowest BCUT2D eigenvalue weighted by Gasteiger charge is -2.17. The van der Waals surface area contributed by atoms with E-state index in [9.17, 15) is 35.9 Å². The number of rotatable bonds is 8. The first-order valence-corrected chi connectivity index (χ1v) is 13.4. The van der Waals surface area contributed by atoms with E-state index in [4.69, 9.17) is 30.9 Å². The van der Waals surface area contributed by atoms with Gasteiger partial charge in [0.25, 0.3) is 0 Å². The first-order valence-electron chi connectivity index (χ1n) is 13.4. The zero-order chi connectivity index (χ0) is 34.9. The summed E-state index contributed by atoms with van der Waals surface area (Å²) in [5, 5.41) is 30.6. The molecule has 2 aromatic carbocycles. The van der Waals surface area contributed by atoms with E-state index in [0.29, 0.717) is 18.7 Å². The van der Waals surface area contributed by atoms with Crippen LogP contribution in [0.1, 0.15) is 36.5 Å². The SMILES string of the molecule is CC(NC(=O)[C@H]1C=C(C2(c3ccccc3)CC2)CN1)C(=O)NCc1ccc(C(=N)N)cc1.O=C(O)C(F)(F)F.O=C(O)C(F)(F)F. The summed E-state index contributed by atoms with van der Waals surface area (Å²) in [5.74, 6) is -5.96. The van der Waals surface area contributed by atoms with E-state index in [2.05, 4.69) is 40.2 Å². The topological polar surface area (TPSA) is 195 Å². The quantitative estimate of drug-likeness (QED) is 0.0973. The predicted octanol–water partition coefficient (Wildman–Crippen LogP) is 2.99. The molecule has 0 aromatic heterocycles. The second-order valence-corrected chi connectivity index (χ2v) is 10.2. The largest absolute Gasteiger partial charge is 0.490 e. The molecule has 1 aliphatic heterocycles. The average Bonchev–Trinajstić information content (AvgIpc) is 3.64. The van der Waals surface area contributed by atoms with Crippen molar-refractivity contribution >= 4 is 29.6 Å². The molecule has 1 saturated carbocycles. The fourth-order valence-corrected chi connectivity index (χ4v) is 4.23. The van der Waals surface area contributed by atoms with Crippen LogP contribution in [-0.4, -0.2) is 70.8 Å². The Morgan fingerprint density at radius 3 is 1.89 bits per heavy atom. The van der Waals surface area contributed by atoms with Crippen LogP contribution in [0.3, 0.4) is 0 Å².